The molecule has 0 aliphatic carbocycles. The van der Waals surface area contributed by atoms with E-state index in [0.717, 1.165) is 0 Å². The number of carbonyl (C=O) groups excluding carboxylic acids is 1. The van der Waals surface area contributed by atoms with Gasteiger partial charge in [-0.15, -0.1) is 0 Å². The van der Waals surface area contributed by atoms with E-state index < -0.39 is 9.84 Å². The molecule has 1 aliphatic rings. The summed E-state index contributed by atoms with van der Waals surface area (Å²) in [5, 5.41) is 10.8. The van der Waals surface area contributed by atoms with Gasteiger partial charge in [-0.2, -0.15) is 5.10 Å². The van der Waals surface area contributed by atoms with Crippen molar-refractivity contribution in [1.29, 1.82) is 0 Å². The van der Waals surface area contributed by atoms with Crippen molar-refractivity contribution in [1.82, 2.24) is 20.3 Å². The van der Waals surface area contributed by atoms with Crippen molar-refractivity contribution in [3.63, 3.8) is 0 Å². The highest BCUT2D eigenvalue weighted by molar-refractivity contribution is 7.91. The maximum atomic E-state index is 12.3. The molecule has 2 aromatic heterocycles. The van der Waals surface area contributed by atoms with Crippen LogP contribution in [0.3, 0.4) is 0 Å². The first-order valence-corrected chi connectivity index (χ1v) is 9.13. The molecule has 0 unspecified atom stereocenters. The number of aromatic nitrogens is 3. The van der Waals surface area contributed by atoms with E-state index in [1.807, 2.05) is 0 Å². The van der Waals surface area contributed by atoms with Crippen LogP contribution in [-0.4, -0.2) is 40.8 Å². The Balaban J connectivity index is 1.70. The van der Waals surface area contributed by atoms with Crippen LogP contribution >= 0.6 is 0 Å². The third-order valence-corrected chi connectivity index (χ3v) is 5.70. The van der Waals surface area contributed by atoms with E-state index in [-0.39, 0.29) is 30.0 Å². The molecule has 2 aromatic rings. The van der Waals surface area contributed by atoms with Crippen LogP contribution in [-0.2, 0) is 16.4 Å². The second-order valence-corrected chi connectivity index (χ2v) is 7.99. The molecule has 0 spiro atoms. The number of sulfone groups is 1. The molecule has 8 nitrogen and oxygen atoms in total. The molecule has 3 rings (SSSR count). The van der Waals surface area contributed by atoms with E-state index >= 15 is 0 Å². The summed E-state index contributed by atoms with van der Waals surface area (Å²) < 4.78 is 29.8. The van der Waals surface area contributed by atoms with Gasteiger partial charge in [0.2, 0.25) is 0 Å². The Morgan fingerprint density at radius 3 is 2.87 bits per heavy atom. The van der Waals surface area contributed by atoms with Crippen molar-refractivity contribution in [2.45, 2.75) is 32.9 Å². The van der Waals surface area contributed by atoms with Gasteiger partial charge in [-0.1, -0.05) is 5.16 Å². The first-order chi connectivity index (χ1) is 10.9. The molecule has 0 saturated carbocycles. The highest BCUT2D eigenvalue weighted by Gasteiger charge is 2.31. The van der Waals surface area contributed by atoms with Gasteiger partial charge in [0.05, 0.1) is 35.9 Å². The van der Waals surface area contributed by atoms with E-state index in [1.165, 1.54) is 6.20 Å². The smallest absolute Gasteiger partial charge is 0.255 e. The average Bonchev–Trinajstić information content (AvgIpc) is 3.15. The number of rotatable bonds is 4. The number of nitrogens with zero attached hydrogens (tertiary/aromatic N) is 3. The molecular formula is C14H18N4O4S. The highest BCUT2D eigenvalue weighted by atomic mass is 32.2. The highest BCUT2D eigenvalue weighted by Crippen LogP contribution is 2.25. The number of hydrogen-bond donors (Lipinski definition) is 1. The maximum Gasteiger partial charge on any atom is 0.255 e. The lowest BCUT2D eigenvalue weighted by atomic mass is 10.2. The lowest BCUT2D eigenvalue weighted by molar-refractivity contribution is 0.0949. The summed E-state index contributed by atoms with van der Waals surface area (Å²) in [4.78, 5) is 12.3. The summed E-state index contributed by atoms with van der Waals surface area (Å²) >= 11 is 0. The van der Waals surface area contributed by atoms with Crippen LogP contribution in [0.5, 0.6) is 0 Å². The third-order valence-electron chi connectivity index (χ3n) is 3.95. The number of amides is 1. The van der Waals surface area contributed by atoms with E-state index in [9.17, 15) is 13.2 Å². The fraction of sp³-hybridized carbons (Fsp3) is 0.500. The monoisotopic (exact) mass is 338 g/mol. The van der Waals surface area contributed by atoms with Gasteiger partial charge in [-0.05, 0) is 20.3 Å². The maximum absolute atomic E-state index is 12.3. The molecule has 23 heavy (non-hydrogen) atoms. The minimum atomic E-state index is -3.00. The lowest BCUT2D eigenvalue weighted by Crippen LogP contribution is -2.24. The van der Waals surface area contributed by atoms with Crippen LogP contribution in [0.25, 0.3) is 0 Å². The molecule has 1 aliphatic heterocycles. The number of nitrogens with one attached hydrogen (secondary N) is 1. The van der Waals surface area contributed by atoms with Gasteiger partial charge >= 0.3 is 0 Å². The molecule has 1 atom stereocenters. The normalized spacial score (nSPS) is 19.8. The standard InChI is InChI=1S/C14H18N4O4S/c1-9-5-11(17-22-9)6-15-14(19)13-7-16-18(10(13)2)12-3-4-23(20,21)8-12/h5,7,12H,3-4,6,8H2,1-2H3,(H,15,19)/t12-/m0/s1. The summed E-state index contributed by atoms with van der Waals surface area (Å²) in [5.41, 5.74) is 1.75. The van der Waals surface area contributed by atoms with Crippen LogP contribution in [0.15, 0.2) is 16.8 Å². The molecule has 9 heteroatoms. The van der Waals surface area contributed by atoms with Crippen molar-refractivity contribution in [2.75, 3.05) is 11.5 Å². The van der Waals surface area contributed by atoms with Gasteiger partial charge in [0, 0.05) is 11.8 Å². The summed E-state index contributed by atoms with van der Waals surface area (Å²) in [7, 11) is -3.00. The number of aryl methyl sites for hydroxylation is 1. The first kappa shape index (κ1) is 15.7. The minimum Gasteiger partial charge on any atom is -0.361 e. The van der Waals surface area contributed by atoms with Gasteiger partial charge in [0.15, 0.2) is 9.84 Å². The Hall–Kier alpha value is -2.16. The topological polar surface area (TPSA) is 107 Å². The van der Waals surface area contributed by atoms with Gasteiger partial charge < -0.3 is 9.84 Å². The lowest BCUT2D eigenvalue weighted by Gasteiger charge is -2.11. The van der Waals surface area contributed by atoms with Crippen LogP contribution < -0.4 is 5.32 Å². The van der Waals surface area contributed by atoms with Crippen molar-refractivity contribution in [3.05, 3.63) is 35.0 Å². The molecule has 1 fully saturated rings. The van der Waals surface area contributed by atoms with Gasteiger partial charge in [0.25, 0.3) is 5.91 Å². The van der Waals surface area contributed by atoms with E-state index in [2.05, 4.69) is 15.6 Å². The predicted octanol–water partition coefficient (Wildman–Crippen LogP) is 0.778. The predicted molar refractivity (Wildman–Crippen MR) is 81.7 cm³/mol. The zero-order valence-corrected chi connectivity index (χ0v) is 13.8. The molecule has 0 aromatic carbocycles. The quantitative estimate of drug-likeness (QED) is 0.882. The van der Waals surface area contributed by atoms with E-state index in [1.54, 1.807) is 24.6 Å². The summed E-state index contributed by atoms with van der Waals surface area (Å²) in [6, 6.07) is 1.56. The molecule has 1 amide bonds. The second kappa shape index (κ2) is 5.80. The fourth-order valence-corrected chi connectivity index (χ4v) is 4.44. The van der Waals surface area contributed by atoms with Gasteiger partial charge in [0.1, 0.15) is 11.5 Å². The van der Waals surface area contributed by atoms with Crippen molar-refractivity contribution in [3.8, 4) is 0 Å². The third kappa shape index (κ3) is 3.29. The average molecular weight is 338 g/mol. The summed E-state index contributed by atoms with van der Waals surface area (Å²) in [6.07, 6.45) is 2.01. The molecule has 3 heterocycles. The van der Waals surface area contributed by atoms with Gasteiger partial charge in [-0.3, -0.25) is 9.48 Å². The number of carbonyl (C=O) groups is 1. The molecular weight excluding hydrogens is 320 g/mol. The van der Waals surface area contributed by atoms with Crippen molar-refractivity contribution < 1.29 is 17.7 Å². The summed E-state index contributed by atoms with van der Waals surface area (Å²) in [6.45, 7) is 3.81. The Labute approximate surface area is 133 Å². The Kier molecular flexibility index (Phi) is 3.97. The Morgan fingerprint density at radius 1 is 1.48 bits per heavy atom. The largest absolute Gasteiger partial charge is 0.361 e. The van der Waals surface area contributed by atoms with Gasteiger partial charge in [-0.25, -0.2) is 8.42 Å². The molecule has 1 saturated heterocycles. The molecule has 124 valence electrons. The second-order valence-electron chi connectivity index (χ2n) is 5.76. The van der Waals surface area contributed by atoms with Crippen molar-refractivity contribution in [2.24, 2.45) is 0 Å². The van der Waals surface area contributed by atoms with E-state index in [0.29, 0.717) is 29.1 Å². The zero-order valence-electron chi connectivity index (χ0n) is 12.9. The van der Waals surface area contributed by atoms with Crippen LogP contribution in [0, 0.1) is 13.8 Å². The summed E-state index contributed by atoms with van der Waals surface area (Å²) in [5.74, 6) is 0.662. The number of hydrogen-bond acceptors (Lipinski definition) is 6. The van der Waals surface area contributed by atoms with E-state index in [4.69, 9.17) is 4.52 Å². The SMILES string of the molecule is Cc1cc(CNC(=O)c2cnn([C@H]3CCS(=O)(=O)C3)c2C)no1. The zero-order chi connectivity index (χ0) is 16.6. The first-order valence-electron chi connectivity index (χ1n) is 7.30. The Morgan fingerprint density at radius 2 is 2.26 bits per heavy atom. The van der Waals surface area contributed by atoms with Crippen molar-refractivity contribution >= 4 is 15.7 Å². The molecule has 1 N–H and O–H groups in total. The molecule has 0 radical (unpaired) electrons. The van der Waals surface area contributed by atoms with Crippen LogP contribution in [0.2, 0.25) is 0 Å². The fourth-order valence-electron chi connectivity index (χ4n) is 2.75. The Bertz CT molecular complexity index is 837. The van der Waals surface area contributed by atoms with Crippen LogP contribution in [0.4, 0.5) is 0 Å². The minimum absolute atomic E-state index is 0.0782. The molecule has 0 bridgehead atoms. The van der Waals surface area contributed by atoms with Crippen LogP contribution in [0.1, 0.15) is 40.0 Å².